The highest BCUT2D eigenvalue weighted by atomic mass is 14.3. The first-order valence-corrected chi connectivity index (χ1v) is 5.62. The summed E-state index contributed by atoms with van der Waals surface area (Å²) < 4.78 is 0. The van der Waals surface area contributed by atoms with Crippen LogP contribution in [0.1, 0.15) is 72.6 Å². The molecule has 0 bridgehead atoms. The van der Waals surface area contributed by atoms with Crippen LogP contribution in [0.25, 0.3) is 0 Å². The number of unbranched alkanes of at least 4 members (excludes halogenated alkanes) is 1. The van der Waals surface area contributed by atoms with Gasteiger partial charge in [0.05, 0.1) is 0 Å². The summed E-state index contributed by atoms with van der Waals surface area (Å²) in [6.45, 7) is 9.12. The number of hydrogen-bond acceptors (Lipinski definition) is 0. The van der Waals surface area contributed by atoms with E-state index in [1.54, 1.807) is 0 Å². The lowest BCUT2D eigenvalue weighted by Crippen LogP contribution is -2.14. The Morgan fingerprint density at radius 2 is 1.25 bits per heavy atom. The van der Waals surface area contributed by atoms with Gasteiger partial charge < -0.3 is 0 Å². The van der Waals surface area contributed by atoms with Crippen LogP contribution in [0.3, 0.4) is 0 Å². The van der Waals surface area contributed by atoms with Crippen LogP contribution >= 0.6 is 0 Å². The van der Waals surface area contributed by atoms with Crippen molar-refractivity contribution in [1.82, 2.24) is 0 Å². The molecule has 1 aliphatic rings. The van der Waals surface area contributed by atoms with E-state index in [1.807, 2.05) is 0 Å². The summed E-state index contributed by atoms with van der Waals surface area (Å²) in [6.07, 6.45) is 9.95. The molecule has 1 aliphatic carbocycles. The van der Waals surface area contributed by atoms with Crippen molar-refractivity contribution in [3.8, 4) is 0 Å². The van der Waals surface area contributed by atoms with Gasteiger partial charge in [0.15, 0.2) is 0 Å². The average molecular weight is 170 g/mol. The van der Waals surface area contributed by atoms with E-state index in [0.29, 0.717) is 5.41 Å². The second kappa shape index (κ2) is 6.51. The fraction of sp³-hybridized carbons (Fsp3) is 1.00. The smallest absolute Gasteiger partial charge is 0.0354 e. The maximum Gasteiger partial charge on any atom is -0.0354 e. The molecule has 0 aromatic carbocycles. The van der Waals surface area contributed by atoms with Crippen molar-refractivity contribution < 1.29 is 0 Å². The molecule has 0 saturated heterocycles. The van der Waals surface area contributed by atoms with Crippen LogP contribution < -0.4 is 0 Å². The average Bonchev–Trinajstić information content (AvgIpc) is 2.05. The predicted molar refractivity (Wildman–Crippen MR) is 57.4 cm³/mol. The fourth-order valence-electron chi connectivity index (χ4n) is 1.51. The minimum absolute atomic E-state index is 0.679. The standard InChI is InChI=1S/C8H16.C4H10/c1-8(2)6-4-3-5-7-8;1-3-4-2/h3-7H2,1-2H3;3-4H2,1-2H3. The van der Waals surface area contributed by atoms with E-state index in [0.717, 1.165) is 0 Å². The van der Waals surface area contributed by atoms with Gasteiger partial charge in [0.1, 0.15) is 0 Å². The Kier molecular flexibility index (Phi) is 6.51. The van der Waals surface area contributed by atoms with E-state index in [-0.39, 0.29) is 0 Å². The molecule has 0 aromatic rings. The van der Waals surface area contributed by atoms with Crippen LogP contribution in [0.2, 0.25) is 0 Å². The van der Waals surface area contributed by atoms with Gasteiger partial charge in [0, 0.05) is 0 Å². The van der Waals surface area contributed by atoms with Gasteiger partial charge in [-0.3, -0.25) is 0 Å². The molecule has 0 heteroatoms. The fourth-order valence-corrected chi connectivity index (χ4v) is 1.51. The second-order valence-corrected chi connectivity index (χ2v) is 4.72. The summed E-state index contributed by atoms with van der Waals surface area (Å²) in [7, 11) is 0. The van der Waals surface area contributed by atoms with Crippen LogP contribution in [-0.4, -0.2) is 0 Å². The van der Waals surface area contributed by atoms with E-state index in [2.05, 4.69) is 27.7 Å². The van der Waals surface area contributed by atoms with E-state index in [4.69, 9.17) is 0 Å². The molecular weight excluding hydrogens is 144 g/mol. The summed E-state index contributed by atoms with van der Waals surface area (Å²) in [5, 5.41) is 0. The molecule has 0 heterocycles. The minimum Gasteiger partial charge on any atom is -0.0654 e. The predicted octanol–water partition coefficient (Wildman–Crippen LogP) is 4.78. The Labute approximate surface area is 78.8 Å². The van der Waals surface area contributed by atoms with Gasteiger partial charge >= 0.3 is 0 Å². The van der Waals surface area contributed by atoms with Gasteiger partial charge in [-0.2, -0.15) is 0 Å². The Balaban J connectivity index is 0.000000261. The molecule has 0 spiro atoms. The van der Waals surface area contributed by atoms with Crippen molar-refractivity contribution in [2.24, 2.45) is 5.41 Å². The molecule has 0 unspecified atom stereocenters. The van der Waals surface area contributed by atoms with Crippen molar-refractivity contribution in [3.05, 3.63) is 0 Å². The van der Waals surface area contributed by atoms with Gasteiger partial charge in [-0.15, -0.1) is 0 Å². The quantitative estimate of drug-likeness (QED) is 0.531. The third kappa shape index (κ3) is 6.69. The molecule has 0 atom stereocenters. The van der Waals surface area contributed by atoms with Crippen molar-refractivity contribution in [2.45, 2.75) is 72.6 Å². The third-order valence-electron chi connectivity index (χ3n) is 2.71. The first-order chi connectivity index (χ1) is 5.62. The number of hydrogen-bond donors (Lipinski definition) is 0. The van der Waals surface area contributed by atoms with Crippen molar-refractivity contribution in [3.63, 3.8) is 0 Å². The monoisotopic (exact) mass is 170 g/mol. The Morgan fingerprint density at radius 3 is 1.42 bits per heavy atom. The van der Waals surface area contributed by atoms with E-state index >= 15 is 0 Å². The summed E-state index contributed by atoms with van der Waals surface area (Å²) in [4.78, 5) is 0. The van der Waals surface area contributed by atoms with Gasteiger partial charge in [-0.05, 0) is 18.3 Å². The minimum atomic E-state index is 0.679. The second-order valence-electron chi connectivity index (χ2n) is 4.72. The molecule has 1 fully saturated rings. The van der Waals surface area contributed by atoms with Crippen molar-refractivity contribution >= 4 is 0 Å². The van der Waals surface area contributed by atoms with Crippen LogP contribution in [0.15, 0.2) is 0 Å². The lowest BCUT2D eigenvalue weighted by atomic mass is 9.78. The van der Waals surface area contributed by atoms with Crippen LogP contribution in [0.5, 0.6) is 0 Å². The van der Waals surface area contributed by atoms with Crippen LogP contribution in [-0.2, 0) is 0 Å². The first-order valence-electron chi connectivity index (χ1n) is 5.62. The SMILES string of the molecule is CC1(C)CCCCC1.CCCC. The van der Waals surface area contributed by atoms with Crippen molar-refractivity contribution in [2.75, 3.05) is 0 Å². The van der Waals surface area contributed by atoms with E-state index in [9.17, 15) is 0 Å². The highest BCUT2D eigenvalue weighted by Crippen LogP contribution is 2.34. The number of rotatable bonds is 1. The van der Waals surface area contributed by atoms with Gasteiger partial charge in [0.2, 0.25) is 0 Å². The lowest BCUT2D eigenvalue weighted by molar-refractivity contribution is 0.244. The normalized spacial score (nSPS) is 21.0. The molecule has 12 heavy (non-hydrogen) atoms. The lowest BCUT2D eigenvalue weighted by Gasteiger charge is -2.28. The molecule has 0 N–H and O–H groups in total. The molecule has 1 rings (SSSR count). The van der Waals surface area contributed by atoms with Crippen LogP contribution in [0, 0.1) is 5.41 Å². The molecule has 0 aliphatic heterocycles. The molecule has 0 amide bonds. The summed E-state index contributed by atoms with van der Waals surface area (Å²) in [5.74, 6) is 0. The Morgan fingerprint density at radius 1 is 0.833 bits per heavy atom. The Bertz CT molecular complexity index is 82.2. The summed E-state index contributed by atoms with van der Waals surface area (Å²) >= 11 is 0. The molecule has 0 nitrogen and oxygen atoms in total. The topological polar surface area (TPSA) is 0 Å². The highest BCUT2D eigenvalue weighted by Gasteiger charge is 2.19. The van der Waals surface area contributed by atoms with Crippen molar-refractivity contribution in [1.29, 1.82) is 0 Å². The summed E-state index contributed by atoms with van der Waals surface area (Å²) in [6, 6.07) is 0. The van der Waals surface area contributed by atoms with Gasteiger partial charge in [-0.25, -0.2) is 0 Å². The largest absolute Gasteiger partial charge is 0.0654 e. The maximum absolute atomic E-state index is 2.38. The zero-order chi connectivity index (χ0) is 9.45. The van der Waals surface area contributed by atoms with Gasteiger partial charge in [-0.1, -0.05) is 59.8 Å². The van der Waals surface area contributed by atoms with Crippen LogP contribution in [0.4, 0.5) is 0 Å². The zero-order valence-electron chi connectivity index (χ0n) is 9.45. The van der Waals surface area contributed by atoms with E-state index < -0.39 is 0 Å². The molecule has 1 saturated carbocycles. The zero-order valence-corrected chi connectivity index (χ0v) is 9.45. The summed E-state index contributed by atoms with van der Waals surface area (Å²) in [5.41, 5.74) is 0.679. The van der Waals surface area contributed by atoms with Gasteiger partial charge in [0.25, 0.3) is 0 Å². The Hall–Kier alpha value is 0. The molecule has 0 radical (unpaired) electrons. The molecule has 74 valence electrons. The molecular formula is C12H26. The third-order valence-corrected chi connectivity index (χ3v) is 2.71. The maximum atomic E-state index is 2.38. The first kappa shape index (κ1) is 12.0. The van der Waals surface area contributed by atoms with E-state index in [1.165, 1.54) is 44.9 Å². The highest BCUT2D eigenvalue weighted by molar-refractivity contribution is 4.72. The molecule has 0 aromatic heterocycles.